The van der Waals surface area contributed by atoms with E-state index in [9.17, 15) is 4.39 Å². The van der Waals surface area contributed by atoms with Gasteiger partial charge in [-0.2, -0.15) is 0 Å². The Morgan fingerprint density at radius 3 is 2.82 bits per heavy atom. The average Bonchev–Trinajstić information content (AvgIpc) is 2.56. The number of benzene rings is 2. The van der Waals surface area contributed by atoms with Crippen molar-refractivity contribution in [2.75, 3.05) is 32.8 Å². The topological polar surface area (TPSA) is 24.5 Å². The third kappa shape index (κ3) is 3.84. The average molecular weight is 300 g/mol. The zero-order valence-electron chi connectivity index (χ0n) is 12.5. The molecule has 0 spiro atoms. The van der Waals surface area contributed by atoms with Crippen LogP contribution in [0.1, 0.15) is 11.6 Å². The van der Waals surface area contributed by atoms with E-state index in [-0.39, 0.29) is 11.9 Å². The molecule has 2 aromatic carbocycles. The lowest BCUT2D eigenvalue weighted by Crippen LogP contribution is -2.47. The van der Waals surface area contributed by atoms with Crippen LogP contribution >= 0.6 is 0 Å². The molecule has 1 atom stereocenters. The number of hydrogen-bond donors (Lipinski definition) is 1. The molecule has 2 aromatic rings. The Morgan fingerprint density at radius 1 is 1.14 bits per heavy atom. The van der Waals surface area contributed by atoms with Gasteiger partial charge in [-0.3, -0.25) is 4.90 Å². The summed E-state index contributed by atoms with van der Waals surface area (Å²) in [5.41, 5.74) is 1.02. The molecule has 0 amide bonds. The highest BCUT2D eigenvalue weighted by molar-refractivity contribution is 5.22. The minimum absolute atomic E-state index is 0.177. The van der Waals surface area contributed by atoms with Gasteiger partial charge in [0, 0.05) is 32.2 Å². The predicted octanol–water partition coefficient (Wildman–Crippen LogP) is 2.85. The molecule has 1 unspecified atom stereocenters. The molecule has 1 aliphatic heterocycles. The standard InChI is InChI=1S/C18H21FN2O/c19-16-6-4-5-15(13-16)18-14-20-9-10-21(18)11-12-22-17-7-2-1-3-8-17/h1-8,13,18,20H,9-12,14H2. The van der Waals surface area contributed by atoms with Crippen LogP contribution in [0.25, 0.3) is 0 Å². The largest absolute Gasteiger partial charge is 0.492 e. The normalized spacial score (nSPS) is 19.0. The summed E-state index contributed by atoms with van der Waals surface area (Å²) in [6, 6.07) is 16.9. The van der Waals surface area contributed by atoms with Crippen molar-refractivity contribution in [3.8, 4) is 5.75 Å². The van der Waals surface area contributed by atoms with E-state index in [4.69, 9.17) is 4.74 Å². The number of nitrogens with one attached hydrogen (secondary N) is 1. The molecule has 0 aromatic heterocycles. The molecule has 1 heterocycles. The second-order valence-electron chi connectivity index (χ2n) is 5.47. The lowest BCUT2D eigenvalue weighted by atomic mass is 10.0. The van der Waals surface area contributed by atoms with E-state index >= 15 is 0 Å². The summed E-state index contributed by atoms with van der Waals surface area (Å²) in [4.78, 5) is 2.36. The van der Waals surface area contributed by atoms with Crippen molar-refractivity contribution >= 4 is 0 Å². The van der Waals surface area contributed by atoms with Gasteiger partial charge in [0.1, 0.15) is 18.2 Å². The van der Waals surface area contributed by atoms with Gasteiger partial charge < -0.3 is 10.1 Å². The van der Waals surface area contributed by atoms with Crippen LogP contribution in [-0.4, -0.2) is 37.7 Å². The Bertz CT molecular complexity index is 591. The molecule has 0 aliphatic carbocycles. The summed E-state index contributed by atoms with van der Waals surface area (Å²) in [5.74, 6) is 0.712. The lowest BCUT2D eigenvalue weighted by Gasteiger charge is -2.36. The highest BCUT2D eigenvalue weighted by Crippen LogP contribution is 2.22. The van der Waals surface area contributed by atoms with E-state index in [0.29, 0.717) is 6.61 Å². The van der Waals surface area contributed by atoms with Crippen LogP contribution in [-0.2, 0) is 0 Å². The summed E-state index contributed by atoms with van der Waals surface area (Å²) >= 11 is 0. The Morgan fingerprint density at radius 2 is 2.00 bits per heavy atom. The van der Waals surface area contributed by atoms with Crippen LogP contribution in [0.2, 0.25) is 0 Å². The Kier molecular flexibility index (Phi) is 5.03. The molecule has 1 saturated heterocycles. The van der Waals surface area contributed by atoms with Crippen molar-refractivity contribution in [2.24, 2.45) is 0 Å². The van der Waals surface area contributed by atoms with Crippen molar-refractivity contribution in [1.82, 2.24) is 10.2 Å². The third-order valence-electron chi connectivity index (χ3n) is 3.98. The highest BCUT2D eigenvalue weighted by Gasteiger charge is 2.23. The van der Waals surface area contributed by atoms with Crippen LogP contribution in [0.4, 0.5) is 4.39 Å². The van der Waals surface area contributed by atoms with Gasteiger partial charge in [-0.05, 0) is 29.8 Å². The quantitative estimate of drug-likeness (QED) is 0.919. The molecule has 1 aliphatic rings. The fourth-order valence-electron chi connectivity index (χ4n) is 2.85. The van der Waals surface area contributed by atoms with Gasteiger partial charge >= 0.3 is 0 Å². The van der Waals surface area contributed by atoms with Gasteiger partial charge in [0.2, 0.25) is 0 Å². The van der Waals surface area contributed by atoms with Crippen LogP contribution in [0.5, 0.6) is 5.75 Å². The van der Waals surface area contributed by atoms with Gasteiger partial charge in [0.25, 0.3) is 0 Å². The molecule has 116 valence electrons. The maximum atomic E-state index is 13.5. The lowest BCUT2D eigenvalue weighted by molar-refractivity contribution is 0.134. The molecule has 0 bridgehead atoms. The van der Waals surface area contributed by atoms with E-state index < -0.39 is 0 Å². The summed E-state index contributed by atoms with van der Waals surface area (Å²) in [7, 11) is 0. The monoisotopic (exact) mass is 300 g/mol. The smallest absolute Gasteiger partial charge is 0.123 e. The Hall–Kier alpha value is -1.91. The maximum Gasteiger partial charge on any atom is 0.123 e. The zero-order chi connectivity index (χ0) is 15.2. The minimum atomic E-state index is -0.177. The summed E-state index contributed by atoms with van der Waals surface area (Å²) in [6.45, 7) is 4.21. The SMILES string of the molecule is Fc1cccc(C2CNCCN2CCOc2ccccc2)c1. The molecule has 1 N–H and O–H groups in total. The highest BCUT2D eigenvalue weighted by atomic mass is 19.1. The summed E-state index contributed by atoms with van der Waals surface area (Å²) in [5, 5.41) is 3.39. The summed E-state index contributed by atoms with van der Waals surface area (Å²) < 4.78 is 19.2. The van der Waals surface area contributed by atoms with Gasteiger partial charge in [0.15, 0.2) is 0 Å². The van der Waals surface area contributed by atoms with E-state index in [0.717, 1.165) is 37.5 Å². The van der Waals surface area contributed by atoms with Gasteiger partial charge in [0.05, 0.1) is 0 Å². The third-order valence-corrected chi connectivity index (χ3v) is 3.98. The van der Waals surface area contributed by atoms with Crippen LogP contribution < -0.4 is 10.1 Å². The van der Waals surface area contributed by atoms with E-state index in [1.165, 1.54) is 6.07 Å². The molecule has 0 saturated carbocycles. The fraction of sp³-hybridized carbons (Fsp3) is 0.333. The molecule has 1 fully saturated rings. The van der Waals surface area contributed by atoms with Crippen molar-refractivity contribution in [2.45, 2.75) is 6.04 Å². The number of hydrogen-bond acceptors (Lipinski definition) is 3. The number of halogens is 1. The predicted molar refractivity (Wildman–Crippen MR) is 85.5 cm³/mol. The summed E-state index contributed by atoms with van der Waals surface area (Å²) in [6.07, 6.45) is 0. The first-order chi connectivity index (χ1) is 10.8. The van der Waals surface area contributed by atoms with Gasteiger partial charge in [-0.1, -0.05) is 30.3 Å². The fourth-order valence-corrected chi connectivity index (χ4v) is 2.85. The zero-order valence-corrected chi connectivity index (χ0v) is 12.5. The second-order valence-corrected chi connectivity index (χ2v) is 5.47. The molecule has 3 rings (SSSR count). The van der Waals surface area contributed by atoms with Crippen LogP contribution in [0.15, 0.2) is 54.6 Å². The first kappa shape index (κ1) is 15.0. The molecular weight excluding hydrogens is 279 g/mol. The first-order valence-electron chi connectivity index (χ1n) is 7.71. The Balaban J connectivity index is 1.60. The molecular formula is C18H21FN2O. The van der Waals surface area contributed by atoms with Crippen LogP contribution in [0, 0.1) is 5.82 Å². The van der Waals surface area contributed by atoms with Crippen molar-refractivity contribution in [1.29, 1.82) is 0 Å². The van der Waals surface area contributed by atoms with Crippen molar-refractivity contribution < 1.29 is 9.13 Å². The van der Waals surface area contributed by atoms with Crippen molar-refractivity contribution in [3.05, 3.63) is 66.0 Å². The Labute approximate surface area is 130 Å². The van der Waals surface area contributed by atoms with Crippen molar-refractivity contribution in [3.63, 3.8) is 0 Å². The van der Waals surface area contributed by atoms with Crippen LogP contribution in [0.3, 0.4) is 0 Å². The number of rotatable bonds is 5. The van der Waals surface area contributed by atoms with E-state index in [2.05, 4.69) is 10.2 Å². The first-order valence-corrected chi connectivity index (χ1v) is 7.71. The minimum Gasteiger partial charge on any atom is -0.492 e. The van der Waals surface area contributed by atoms with E-state index in [1.807, 2.05) is 36.4 Å². The number of ether oxygens (including phenoxy) is 1. The number of piperazine rings is 1. The molecule has 4 heteroatoms. The molecule has 3 nitrogen and oxygen atoms in total. The van der Waals surface area contributed by atoms with Gasteiger partial charge in [-0.15, -0.1) is 0 Å². The van der Waals surface area contributed by atoms with Gasteiger partial charge in [-0.25, -0.2) is 4.39 Å². The van der Waals surface area contributed by atoms with E-state index in [1.54, 1.807) is 12.1 Å². The maximum absolute atomic E-state index is 13.5. The molecule has 0 radical (unpaired) electrons. The number of para-hydroxylation sites is 1. The molecule has 22 heavy (non-hydrogen) atoms. The number of nitrogens with zero attached hydrogens (tertiary/aromatic N) is 1. The second kappa shape index (κ2) is 7.38.